The number of para-hydroxylation sites is 1. The lowest BCUT2D eigenvalue weighted by Crippen LogP contribution is -2.49. The first-order chi connectivity index (χ1) is 21.8. The second kappa shape index (κ2) is 14.4. The maximum absolute atomic E-state index is 13.4. The fourth-order valence-electron chi connectivity index (χ4n) is 6.88. The van der Waals surface area contributed by atoms with Crippen LogP contribution < -0.4 is 4.90 Å². The van der Waals surface area contributed by atoms with Crippen molar-refractivity contribution in [3.63, 3.8) is 0 Å². The molecule has 0 aromatic heterocycles. The van der Waals surface area contributed by atoms with E-state index in [0.717, 1.165) is 30.9 Å². The predicted molar refractivity (Wildman–Crippen MR) is 169 cm³/mol. The Morgan fingerprint density at radius 1 is 0.891 bits per heavy atom. The number of carboxylic acid groups (broad SMARTS) is 3. The molecule has 2 aromatic rings. The number of likely N-dealkylation sites (N-methyl/N-ethyl adjacent to an activating group) is 1. The average Bonchev–Trinajstić information content (AvgIpc) is 3.58. The van der Waals surface area contributed by atoms with Gasteiger partial charge in [-0.1, -0.05) is 42.5 Å². The minimum absolute atomic E-state index is 0.0295. The number of carboxylic acids is 3. The zero-order chi connectivity index (χ0) is 33.6. The molecule has 1 saturated heterocycles. The minimum Gasteiger partial charge on any atom is -0.481 e. The van der Waals surface area contributed by atoms with Crippen LogP contribution in [-0.2, 0) is 42.2 Å². The van der Waals surface area contributed by atoms with Gasteiger partial charge in [-0.2, -0.15) is 0 Å². The van der Waals surface area contributed by atoms with Gasteiger partial charge in [-0.15, -0.1) is 0 Å². The molecule has 0 saturated carbocycles. The van der Waals surface area contributed by atoms with Crippen LogP contribution in [0.15, 0.2) is 48.5 Å². The molecule has 3 aliphatic rings. The highest BCUT2D eigenvalue weighted by Crippen LogP contribution is 2.46. The van der Waals surface area contributed by atoms with Crippen LogP contribution in [0.25, 0.3) is 0 Å². The molecule has 1 aliphatic carbocycles. The Morgan fingerprint density at radius 3 is 2.07 bits per heavy atom. The lowest BCUT2D eigenvalue weighted by molar-refractivity contribution is -0.170. The highest BCUT2D eigenvalue weighted by Gasteiger charge is 2.43. The molecule has 1 spiro atoms. The molecule has 46 heavy (non-hydrogen) atoms. The number of anilines is 1. The van der Waals surface area contributed by atoms with Crippen LogP contribution in [0.2, 0.25) is 0 Å². The molecule has 2 amide bonds. The van der Waals surface area contributed by atoms with Crippen LogP contribution in [0.3, 0.4) is 0 Å². The first-order valence-corrected chi connectivity index (χ1v) is 15.7. The summed E-state index contributed by atoms with van der Waals surface area (Å²) in [6.07, 6.45) is 3.58. The summed E-state index contributed by atoms with van der Waals surface area (Å²) < 4.78 is 0. The average molecular weight is 638 g/mol. The predicted octanol–water partition coefficient (Wildman–Crippen LogP) is 2.54. The summed E-state index contributed by atoms with van der Waals surface area (Å²) in [6.45, 7) is 5.46. The number of fused-ring (bicyclic) bond motifs is 3. The van der Waals surface area contributed by atoms with Crippen molar-refractivity contribution in [3.8, 4) is 0 Å². The van der Waals surface area contributed by atoms with E-state index >= 15 is 0 Å². The molecule has 0 bridgehead atoms. The van der Waals surface area contributed by atoms with Crippen LogP contribution >= 0.6 is 0 Å². The number of hydrogen-bond donors (Lipinski definition) is 4. The van der Waals surface area contributed by atoms with Crippen molar-refractivity contribution in [1.82, 2.24) is 9.80 Å². The van der Waals surface area contributed by atoms with Gasteiger partial charge >= 0.3 is 17.9 Å². The van der Waals surface area contributed by atoms with Crippen molar-refractivity contribution in [1.29, 1.82) is 0 Å². The summed E-state index contributed by atoms with van der Waals surface area (Å²) in [5.74, 6) is -4.93. The van der Waals surface area contributed by atoms with Gasteiger partial charge in [0, 0.05) is 38.7 Å². The summed E-state index contributed by atoms with van der Waals surface area (Å²) >= 11 is 0. The van der Waals surface area contributed by atoms with Crippen molar-refractivity contribution in [2.45, 2.75) is 75.3 Å². The first kappa shape index (κ1) is 34.6. The Kier molecular flexibility index (Phi) is 10.8. The molecular formula is C34H43N3O9. The molecule has 248 valence electrons. The number of aliphatic carboxylic acids is 3. The lowest BCUT2D eigenvalue weighted by Gasteiger charge is -2.40. The van der Waals surface area contributed by atoms with Gasteiger partial charge in [-0.05, 0) is 73.9 Å². The quantitative estimate of drug-likeness (QED) is 0.303. The maximum Gasteiger partial charge on any atom is 0.336 e. The molecule has 12 heteroatoms. The van der Waals surface area contributed by atoms with E-state index in [1.165, 1.54) is 31.2 Å². The third kappa shape index (κ3) is 7.56. The molecule has 1 atom stereocenters. The number of aliphatic hydroxyl groups is 1. The Morgan fingerprint density at radius 2 is 1.48 bits per heavy atom. The molecular weight excluding hydrogens is 594 g/mol. The maximum atomic E-state index is 13.4. The van der Waals surface area contributed by atoms with E-state index in [1.807, 2.05) is 38.2 Å². The monoisotopic (exact) mass is 637 g/mol. The molecule has 2 heterocycles. The van der Waals surface area contributed by atoms with E-state index in [2.05, 4.69) is 29.2 Å². The molecule has 0 unspecified atom stereocenters. The summed E-state index contributed by atoms with van der Waals surface area (Å²) in [7, 11) is 1.82. The van der Waals surface area contributed by atoms with Gasteiger partial charge in [0.15, 0.2) is 5.60 Å². The van der Waals surface area contributed by atoms with Gasteiger partial charge in [-0.3, -0.25) is 24.1 Å². The largest absolute Gasteiger partial charge is 0.481 e. The fraction of sp³-hybridized carbons (Fsp3) is 0.500. The van der Waals surface area contributed by atoms with Crippen molar-refractivity contribution < 1.29 is 44.4 Å². The topological polar surface area (TPSA) is 176 Å². The van der Waals surface area contributed by atoms with Gasteiger partial charge < -0.3 is 30.2 Å². The van der Waals surface area contributed by atoms with Crippen LogP contribution in [-0.4, -0.2) is 105 Å². The number of piperidine rings is 1. The van der Waals surface area contributed by atoms with Crippen LogP contribution in [0.1, 0.15) is 62.1 Å². The number of carbonyl (C=O) groups is 5. The molecule has 1 fully saturated rings. The highest BCUT2D eigenvalue weighted by atomic mass is 16.4. The standard InChI is InChI=1S/C28H35N3O2.C6H8O7/c1-3-29(2)27(33)25-20-22-9-5-7-11-24(22)31(25)26(32)13-17-30-18-15-28(16-19-30)14-12-21-8-4-6-10-23(21)28;7-3(8)1-6(13,5(11)12)2-4(9)10/h4-11,25H,3,12-20H2,1-2H3;13H,1-2H2,(H,7,8)(H,9,10)(H,11,12)/t25-;/m0./s1. The van der Waals surface area contributed by atoms with E-state index in [0.29, 0.717) is 24.8 Å². The van der Waals surface area contributed by atoms with Crippen LogP contribution in [0.5, 0.6) is 0 Å². The zero-order valence-corrected chi connectivity index (χ0v) is 26.4. The third-order valence-electron chi connectivity index (χ3n) is 9.58. The summed E-state index contributed by atoms with van der Waals surface area (Å²) in [6, 6.07) is 16.5. The first-order valence-electron chi connectivity index (χ1n) is 15.7. The number of likely N-dealkylation sites (tertiary alicyclic amines) is 1. The fourth-order valence-corrected chi connectivity index (χ4v) is 6.88. The number of hydrogen-bond acceptors (Lipinski definition) is 7. The third-order valence-corrected chi connectivity index (χ3v) is 9.58. The number of amides is 2. The molecule has 4 N–H and O–H groups in total. The van der Waals surface area contributed by atoms with Crippen LogP contribution in [0.4, 0.5) is 5.69 Å². The Labute approximate surface area is 268 Å². The zero-order valence-electron chi connectivity index (χ0n) is 26.4. The van der Waals surface area contributed by atoms with Gasteiger partial charge in [0.1, 0.15) is 6.04 Å². The molecule has 2 aliphatic heterocycles. The smallest absolute Gasteiger partial charge is 0.336 e. The van der Waals surface area contributed by atoms with E-state index in [4.69, 9.17) is 20.4 Å². The van der Waals surface area contributed by atoms with E-state index in [-0.39, 0.29) is 11.8 Å². The molecule has 2 aromatic carbocycles. The van der Waals surface area contributed by atoms with E-state index in [9.17, 15) is 24.0 Å². The summed E-state index contributed by atoms with van der Waals surface area (Å²) in [5.41, 5.74) is 2.70. The summed E-state index contributed by atoms with van der Waals surface area (Å²) in [4.78, 5) is 62.9. The summed E-state index contributed by atoms with van der Waals surface area (Å²) in [5, 5.41) is 33.8. The number of aryl methyl sites for hydroxylation is 1. The number of nitrogens with zero attached hydrogens (tertiary/aromatic N) is 3. The normalized spacial score (nSPS) is 18.2. The van der Waals surface area contributed by atoms with Gasteiger partial charge in [-0.25, -0.2) is 4.79 Å². The Hall–Kier alpha value is -4.29. The minimum atomic E-state index is -2.74. The highest BCUT2D eigenvalue weighted by molar-refractivity contribution is 6.03. The number of rotatable bonds is 10. The number of benzene rings is 2. The van der Waals surface area contributed by atoms with E-state index < -0.39 is 42.4 Å². The molecule has 5 rings (SSSR count). The van der Waals surface area contributed by atoms with Crippen LogP contribution in [0, 0.1) is 0 Å². The SMILES string of the molecule is CCN(C)C(=O)[C@@H]1Cc2ccccc2N1C(=O)CCN1CCC2(CCc3ccccc32)CC1.O=C(O)CC(O)(CC(=O)O)C(=O)O. The van der Waals surface area contributed by atoms with Crippen molar-refractivity contribution >= 4 is 35.4 Å². The lowest BCUT2D eigenvalue weighted by atomic mass is 9.74. The second-order valence-corrected chi connectivity index (χ2v) is 12.5. The Balaban J connectivity index is 0.000000315. The second-order valence-electron chi connectivity index (χ2n) is 12.5. The van der Waals surface area contributed by atoms with Gasteiger partial charge in [0.2, 0.25) is 11.8 Å². The van der Waals surface area contributed by atoms with Crippen molar-refractivity contribution in [3.05, 3.63) is 65.2 Å². The van der Waals surface area contributed by atoms with Gasteiger partial charge in [0.05, 0.1) is 12.8 Å². The Bertz CT molecular complexity index is 1450. The van der Waals surface area contributed by atoms with Crippen molar-refractivity contribution in [2.24, 2.45) is 0 Å². The number of carbonyl (C=O) groups excluding carboxylic acids is 2. The van der Waals surface area contributed by atoms with E-state index in [1.54, 1.807) is 15.4 Å². The molecule has 0 radical (unpaired) electrons. The van der Waals surface area contributed by atoms with Gasteiger partial charge in [0.25, 0.3) is 0 Å². The molecule has 12 nitrogen and oxygen atoms in total. The van der Waals surface area contributed by atoms with Crippen molar-refractivity contribution in [2.75, 3.05) is 38.1 Å².